The highest BCUT2D eigenvalue weighted by atomic mass is 16.5. The quantitative estimate of drug-likeness (QED) is 0.533. The van der Waals surface area contributed by atoms with Crippen molar-refractivity contribution in [3.8, 4) is 16.9 Å². The zero-order valence-electron chi connectivity index (χ0n) is 15.4. The standard InChI is InChI=1S/C21H23N3O/c1-6-23-14(3)20-13(2)22-24-12-17(11-19(24)21(20)15(23)4)16-7-9-18(25-5)10-8-16/h7-12H,6H2,1-5H3. The van der Waals surface area contributed by atoms with Gasteiger partial charge in [0.1, 0.15) is 5.75 Å². The van der Waals surface area contributed by atoms with E-state index >= 15 is 0 Å². The third-order valence-corrected chi connectivity index (χ3v) is 5.20. The monoisotopic (exact) mass is 333 g/mol. The van der Waals surface area contributed by atoms with Crippen molar-refractivity contribution in [2.24, 2.45) is 0 Å². The summed E-state index contributed by atoms with van der Waals surface area (Å²) in [5.41, 5.74) is 7.19. The van der Waals surface area contributed by atoms with Crippen LogP contribution in [0.25, 0.3) is 27.4 Å². The fourth-order valence-electron chi connectivity index (χ4n) is 3.99. The summed E-state index contributed by atoms with van der Waals surface area (Å²) in [4.78, 5) is 0. The Kier molecular flexibility index (Phi) is 3.57. The lowest BCUT2D eigenvalue weighted by atomic mass is 10.1. The zero-order valence-corrected chi connectivity index (χ0v) is 15.4. The van der Waals surface area contributed by atoms with E-state index in [2.05, 4.69) is 56.7 Å². The Labute approximate surface area is 147 Å². The summed E-state index contributed by atoms with van der Waals surface area (Å²) in [6.07, 6.45) is 2.11. The molecule has 0 N–H and O–H groups in total. The Morgan fingerprint density at radius 2 is 1.64 bits per heavy atom. The fraction of sp³-hybridized carbons (Fsp3) is 0.286. The third kappa shape index (κ3) is 2.24. The van der Waals surface area contributed by atoms with Crippen LogP contribution in [0, 0.1) is 20.8 Å². The van der Waals surface area contributed by atoms with Crippen LogP contribution in [0.4, 0.5) is 0 Å². The van der Waals surface area contributed by atoms with Crippen LogP contribution in [-0.2, 0) is 6.54 Å². The lowest BCUT2D eigenvalue weighted by Gasteiger charge is -2.03. The summed E-state index contributed by atoms with van der Waals surface area (Å²) in [6, 6.07) is 10.4. The Morgan fingerprint density at radius 3 is 2.28 bits per heavy atom. The molecule has 4 aromatic rings. The summed E-state index contributed by atoms with van der Waals surface area (Å²) in [7, 11) is 1.69. The summed E-state index contributed by atoms with van der Waals surface area (Å²) >= 11 is 0. The summed E-state index contributed by atoms with van der Waals surface area (Å²) < 4.78 is 9.65. The average Bonchev–Trinajstić information content (AvgIpc) is 3.14. The van der Waals surface area contributed by atoms with E-state index in [1.807, 2.05) is 16.6 Å². The zero-order chi connectivity index (χ0) is 17.7. The Balaban J connectivity index is 2.00. The average molecular weight is 333 g/mol. The van der Waals surface area contributed by atoms with Gasteiger partial charge in [0.2, 0.25) is 0 Å². The number of methoxy groups -OCH3 is 1. The molecule has 128 valence electrons. The lowest BCUT2D eigenvalue weighted by molar-refractivity contribution is 0.415. The van der Waals surface area contributed by atoms with Gasteiger partial charge in [-0.05, 0) is 51.5 Å². The molecule has 0 amide bonds. The van der Waals surface area contributed by atoms with Gasteiger partial charge in [0.25, 0.3) is 0 Å². The first-order chi connectivity index (χ1) is 12.0. The topological polar surface area (TPSA) is 31.5 Å². The highest BCUT2D eigenvalue weighted by Gasteiger charge is 2.17. The Bertz CT molecular complexity index is 1080. The molecule has 0 aliphatic heterocycles. The van der Waals surface area contributed by atoms with Crippen LogP contribution < -0.4 is 4.74 Å². The van der Waals surface area contributed by atoms with Gasteiger partial charge in [-0.3, -0.25) is 0 Å². The van der Waals surface area contributed by atoms with Gasteiger partial charge in [0.15, 0.2) is 0 Å². The lowest BCUT2D eigenvalue weighted by Crippen LogP contribution is -1.98. The van der Waals surface area contributed by atoms with Crippen molar-refractivity contribution >= 4 is 16.3 Å². The fourth-order valence-corrected chi connectivity index (χ4v) is 3.99. The van der Waals surface area contributed by atoms with E-state index in [0.29, 0.717) is 0 Å². The molecule has 3 aromatic heterocycles. The van der Waals surface area contributed by atoms with Gasteiger partial charge in [0.05, 0.1) is 18.3 Å². The molecule has 0 bridgehead atoms. The normalized spacial score (nSPS) is 11.6. The van der Waals surface area contributed by atoms with E-state index in [0.717, 1.165) is 18.0 Å². The molecule has 0 aliphatic carbocycles. The van der Waals surface area contributed by atoms with E-state index in [1.54, 1.807) is 7.11 Å². The molecule has 0 aliphatic rings. The van der Waals surface area contributed by atoms with Gasteiger partial charge >= 0.3 is 0 Å². The largest absolute Gasteiger partial charge is 0.497 e. The summed E-state index contributed by atoms with van der Waals surface area (Å²) in [6.45, 7) is 9.67. The smallest absolute Gasteiger partial charge is 0.118 e. The second kappa shape index (κ2) is 5.66. The summed E-state index contributed by atoms with van der Waals surface area (Å²) in [5, 5.41) is 7.41. The molecule has 0 atom stereocenters. The molecule has 1 aromatic carbocycles. The van der Waals surface area contributed by atoms with Crippen LogP contribution in [0.2, 0.25) is 0 Å². The number of hydrogen-bond acceptors (Lipinski definition) is 2. The van der Waals surface area contributed by atoms with Crippen molar-refractivity contribution in [1.29, 1.82) is 0 Å². The van der Waals surface area contributed by atoms with Crippen LogP contribution in [0.1, 0.15) is 24.0 Å². The van der Waals surface area contributed by atoms with Crippen LogP contribution in [0.3, 0.4) is 0 Å². The number of ether oxygens (including phenoxy) is 1. The highest BCUT2D eigenvalue weighted by Crippen LogP contribution is 2.34. The van der Waals surface area contributed by atoms with Gasteiger partial charge in [-0.15, -0.1) is 0 Å². The van der Waals surface area contributed by atoms with Gasteiger partial charge in [-0.1, -0.05) is 12.1 Å². The molecule has 0 unspecified atom stereocenters. The Hall–Kier alpha value is -2.75. The van der Waals surface area contributed by atoms with Crippen LogP contribution in [0.15, 0.2) is 36.5 Å². The maximum atomic E-state index is 5.26. The highest BCUT2D eigenvalue weighted by molar-refractivity contribution is 6.02. The molecule has 4 rings (SSSR count). The van der Waals surface area contributed by atoms with E-state index in [-0.39, 0.29) is 0 Å². The molecule has 0 fully saturated rings. The second-order valence-corrected chi connectivity index (χ2v) is 6.54. The minimum absolute atomic E-state index is 0.871. The molecule has 0 spiro atoms. The maximum Gasteiger partial charge on any atom is 0.118 e. The number of aromatic nitrogens is 3. The van der Waals surface area contributed by atoms with E-state index in [4.69, 9.17) is 9.84 Å². The van der Waals surface area contributed by atoms with Crippen molar-refractivity contribution < 1.29 is 4.74 Å². The SMILES string of the molecule is CCn1c(C)c2c(C)nn3cc(-c4ccc(OC)cc4)cc3c2c1C. The third-order valence-electron chi connectivity index (χ3n) is 5.20. The van der Waals surface area contributed by atoms with E-state index in [1.165, 1.54) is 38.8 Å². The molecule has 3 heterocycles. The van der Waals surface area contributed by atoms with Gasteiger partial charge in [-0.2, -0.15) is 5.10 Å². The Morgan fingerprint density at radius 1 is 0.960 bits per heavy atom. The number of hydrogen-bond donors (Lipinski definition) is 0. The minimum atomic E-state index is 0.871. The van der Waals surface area contributed by atoms with Crippen molar-refractivity contribution in [3.05, 3.63) is 53.6 Å². The van der Waals surface area contributed by atoms with Gasteiger partial charge in [0, 0.05) is 40.5 Å². The molecule has 0 saturated heterocycles. The predicted molar refractivity (Wildman–Crippen MR) is 103 cm³/mol. The molecule has 4 heteroatoms. The van der Waals surface area contributed by atoms with Crippen LogP contribution in [0.5, 0.6) is 5.75 Å². The first kappa shape index (κ1) is 15.8. The van der Waals surface area contributed by atoms with Gasteiger partial charge in [-0.25, -0.2) is 4.52 Å². The molecular weight excluding hydrogens is 310 g/mol. The molecule has 25 heavy (non-hydrogen) atoms. The van der Waals surface area contributed by atoms with Crippen LogP contribution in [-0.4, -0.2) is 21.3 Å². The van der Waals surface area contributed by atoms with Crippen molar-refractivity contribution in [2.75, 3.05) is 7.11 Å². The number of nitrogens with zero attached hydrogens (tertiary/aromatic N) is 3. The van der Waals surface area contributed by atoms with Crippen molar-refractivity contribution in [2.45, 2.75) is 34.2 Å². The van der Waals surface area contributed by atoms with Gasteiger partial charge < -0.3 is 9.30 Å². The molecule has 0 radical (unpaired) electrons. The number of benzene rings is 1. The van der Waals surface area contributed by atoms with Crippen molar-refractivity contribution in [3.63, 3.8) is 0 Å². The summed E-state index contributed by atoms with van der Waals surface area (Å²) in [5.74, 6) is 0.871. The second-order valence-electron chi connectivity index (χ2n) is 6.54. The van der Waals surface area contributed by atoms with E-state index in [9.17, 15) is 0 Å². The molecule has 0 saturated carbocycles. The minimum Gasteiger partial charge on any atom is -0.497 e. The molecule has 4 nitrogen and oxygen atoms in total. The molecular formula is C21H23N3O. The first-order valence-corrected chi connectivity index (χ1v) is 8.68. The maximum absolute atomic E-state index is 5.26. The number of fused-ring (bicyclic) bond motifs is 3. The number of aryl methyl sites for hydroxylation is 3. The van der Waals surface area contributed by atoms with Crippen molar-refractivity contribution in [1.82, 2.24) is 14.2 Å². The predicted octanol–water partition coefficient (Wildman–Crippen LogP) is 4.91. The van der Waals surface area contributed by atoms with E-state index < -0.39 is 0 Å². The number of rotatable bonds is 3. The van der Waals surface area contributed by atoms with Crippen LogP contribution >= 0.6 is 0 Å². The first-order valence-electron chi connectivity index (χ1n) is 8.68.